The highest BCUT2D eigenvalue weighted by atomic mass is 79.9. The summed E-state index contributed by atoms with van der Waals surface area (Å²) in [5, 5.41) is 0. The van der Waals surface area contributed by atoms with E-state index in [-0.39, 0.29) is 6.42 Å². The molecule has 0 aliphatic carbocycles. The van der Waals surface area contributed by atoms with Crippen LogP contribution in [0.2, 0.25) is 0 Å². The fourth-order valence-corrected chi connectivity index (χ4v) is 2.17. The van der Waals surface area contributed by atoms with Crippen LogP contribution in [-0.2, 0) is 14.3 Å². The molecule has 3 nitrogen and oxygen atoms in total. The quantitative estimate of drug-likeness (QED) is 0.615. The fraction of sp³-hybridized carbons (Fsp3) is 0.400. The van der Waals surface area contributed by atoms with E-state index < -0.39 is 21.7 Å². The topological polar surface area (TPSA) is 43.4 Å². The lowest BCUT2D eigenvalue weighted by Gasteiger charge is -2.17. The highest BCUT2D eigenvalue weighted by Gasteiger charge is 2.48. The van der Waals surface area contributed by atoms with Gasteiger partial charge in [-0.1, -0.05) is 35.0 Å². The zero-order valence-corrected chi connectivity index (χ0v) is 11.6. The highest BCUT2D eigenvalue weighted by Crippen LogP contribution is 2.32. The SMILES string of the molecule is CCC(OS(=O)(=O)C(F)(F)F)c1ccc(Br)cc1. The molecular weight excluding hydrogens is 337 g/mol. The van der Waals surface area contributed by atoms with Gasteiger partial charge in [-0.15, -0.1) is 0 Å². The summed E-state index contributed by atoms with van der Waals surface area (Å²) >= 11 is 3.17. The van der Waals surface area contributed by atoms with Crippen molar-refractivity contribution in [3.63, 3.8) is 0 Å². The van der Waals surface area contributed by atoms with Gasteiger partial charge in [0.05, 0.1) is 0 Å². The van der Waals surface area contributed by atoms with Crippen LogP contribution in [0.3, 0.4) is 0 Å². The van der Waals surface area contributed by atoms with Crippen LogP contribution in [0.5, 0.6) is 0 Å². The minimum atomic E-state index is -5.58. The largest absolute Gasteiger partial charge is 0.523 e. The summed E-state index contributed by atoms with van der Waals surface area (Å²) in [6, 6.07) is 6.21. The molecule has 8 heteroatoms. The van der Waals surface area contributed by atoms with E-state index in [4.69, 9.17) is 0 Å². The van der Waals surface area contributed by atoms with Gasteiger partial charge >= 0.3 is 15.6 Å². The smallest absolute Gasteiger partial charge is 0.255 e. The van der Waals surface area contributed by atoms with Crippen LogP contribution in [0, 0.1) is 0 Å². The molecule has 18 heavy (non-hydrogen) atoms. The maximum atomic E-state index is 12.2. The van der Waals surface area contributed by atoms with Gasteiger partial charge in [0.2, 0.25) is 0 Å². The van der Waals surface area contributed by atoms with E-state index >= 15 is 0 Å². The molecule has 0 aliphatic rings. The van der Waals surface area contributed by atoms with Crippen molar-refractivity contribution in [1.82, 2.24) is 0 Å². The molecule has 1 unspecified atom stereocenters. The predicted molar refractivity (Wildman–Crippen MR) is 63.2 cm³/mol. The number of rotatable bonds is 4. The molecule has 0 aliphatic heterocycles. The number of hydrogen-bond acceptors (Lipinski definition) is 3. The van der Waals surface area contributed by atoms with Crippen molar-refractivity contribution in [1.29, 1.82) is 0 Å². The summed E-state index contributed by atoms with van der Waals surface area (Å²) in [6.07, 6.45) is -1.04. The van der Waals surface area contributed by atoms with Gasteiger partial charge in [-0.05, 0) is 24.1 Å². The molecule has 0 fully saturated rings. The molecule has 1 atom stereocenters. The van der Waals surface area contributed by atoms with Gasteiger partial charge in [-0.2, -0.15) is 21.6 Å². The second kappa shape index (κ2) is 5.58. The second-order valence-corrected chi connectivity index (χ2v) is 5.92. The Morgan fingerprint density at radius 2 is 1.78 bits per heavy atom. The molecule has 0 N–H and O–H groups in total. The first-order valence-electron chi connectivity index (χ1n) is 4.92. The zero-order valence-electron chi connectivity index (χ0n) is 9.24. The first kappa shape index (κ1) is 15.5. The fourth-order valence-electron chi connectivity index (χ4n) is 1.24. The number of halogens is 4. The Morgan fingerprint density at radius 1 is 1.28 bits per heavy atom. The van der Waals surface area contributed by atoms with E-state index in [0.29, 0.717) is 5.56 Å². The second-order valence-electron chi connectivity index (χ2n) is 3.44. The van der Waals surface area contributed by atoms with Gasteiger partial charge in [0.15, 0.2) is 0 Å². The Balaban J connectivity index is 2.96. The molecule has 0 saturated heterocycles. The van der Waals surface area contributed by atoms with Crippen molar-refractivity contribution < 1.29 is 25.8 Å². The van der Waals surface area contributed by atoms with Crippen molar-refractivity contribution >= 4 is 26.0 Å². The zero-order chi connectivity index (χ0) is 14.0. The average molecular weight is 347 g/mol. The van der Waals surface area contributed by atoms with Crippen molar-refractivity contribution in [3.05, 3.63) is 34.3 Å². The summed E-state index contributed by atoms with van der Waals surface area (Å²) in [5.74, 6) is 0. The third-order valence-corrected chi connectivity index (χ3v) is 3.72. The minimum Gasteiger partial charge on any atom is -0.255 e. The summed E-state index contributed by atoms with van der Waals surface area (Å²) in [5.41, 5.74) is -5.04. The van der Waals surface area contributed by atoms with E-state index in [1.54, 1.807) is 19.1 Å². The summed E-state index contributed by atoms with van der Waals surface area (Å²) in [7, 11) is -5.58. The molecule has 0 bridgehead atoms. The predicted octanol–water partition coefficient (Wildman–Crippen LogP) is 3.77. The van der Waals surface area contributed by atoms with E-state index in [9.17, 15) is 21.6 Å². The van der Waals surface area contributed by atoms with E-state index in [0.717, 1.165) is 4.47 Å². The first-order valence-corrected chi connectivity index (χ1v) is 7.12. The summed E-state index contributed by atoms with van der Waals surface area (Å²) in [6.45, 7) is 1.54. The molecule has 0 radical (unpaired) electrons. The monoisotopic (exact) mass is 346 g/mol. The van der Waals surface area contributed by atoms with Gasteiger partial charge in [-0.3, -0.25) is 4.18 Å². The summed E-state index contributed by atoms with van der Waals surface area (Å²) in [4.78, 5) is 0. The van der Waals surface area contributed by atoms with Gasteiger partial charge in [0.25, 0.3) is 0 Å². The molecule has 0 aromatic heterocycles. The molecule has 0 saturated carbocycles. The number of hydrogen-bond donors (Lipinski definition) is 0. The Morgan fingerprint density at radius 3 is 2.17 bits per heavy atom. The molecule has 0 heterocycles. The molecule has 0 amide bonds. The van der Waals surface area contributed by atoms with Crippen LogP contribution in [0.1, 0.15) is 25.0 Å². The third-order valence-electron chi connectivity index (χ3n) is 2.14. The van der Waals surface area contributed by atoms with Gasteiger partial charge in [0.1, 0.15) is 6.10 Å². The number of benzene rings is 1. The maximum Gasteiger partial charge on any atom is 0.523 e. The van der Waals surface area contributed by atoms with Gasteiger partial charge in [-0.25, -0.2) is 0 Å². The minimum absolute atomic E-state index is 0.108. The van der Waals surface area contributed by atoms with Gasteiger partial charge < -0.3 is 0 Å². The normalized spacial score (nSPS) is 14.5. The van der Waals surface area contributed by atoms with Crippen LogP contribution < -0.4 is 0 Å². The van der Waals surface area contributed by atoms with E-state index in [1.165, 1.54) is 12.1 Å². The van der Waals surface area contributed by atoms with E-state index in [1.807, 2.05) is 0 Å². The molecule has 1 aromatic carbocycles. The summed E-state index contributed by atoms with van der Waals surface area (Å²) < 4.78 is 63.3. The van der Waals surface area contributed by atoms with Crippen LogP contribution in [0.15, 0.2) is 28.7 Å². The van der Waals surface area contributed by atoms with Crippen LogP contribution in [0.25, 0.3) is 0 Å². The van der Waals surface area contributed by atoms with Crippen LogP contribution in [0.4, 0.5) is 13.2 Å². The maximum absolute atomic E-state index is 12.2. The molecule has 0 spiro atoms. The Kier molecular flexibility index (Phi) is 4.79. The van der Waals surface area contributed by atoms with Crippen molar-refractivity contribution in [2.45, 2.75) is 25.0 Å². The third kappa shape index (κ3) is 3.69. The van der Waals surface area contributed by atoms with E-state index in [2.05, 4.69) is 20.1 Å². The highest BCUT2D eigenvalue weighted by molar-refractivity contribution is 9.10. The number of alkyl halides is 3. The Hall–Kier alpha value is -0.600. The van der Waals surface area contributed by atoms with Crippen molar-refractivity contribution in [2.24, 2.45) is 0 Å². The van der Waals surface area contributed by atoms with Crippen molar-refractivity contribution in [3.8, 4) is 0 Å². The lowest BCUT2D eigenvalue weighted by atomic mass is 10.1. The van der Waals surface area contributed by atoms with Gasteiger partial charge in [0, 0.05) is 4.47 Å². The lowest BCUT2D eigenvalue weighted by molar-refractivity contribution is -0.0576. The molecule has 102 valence electrons. The Labute approximate surface area is 111 Å². The molecule has 1 rings (SSSR count). The van der Waals surface area contributed by atoms with Crippen LogP contribution in [-0.4, -0.2) is 13.9 Å². The first-order chi connectivity index (χ1) is 8.17. The van der Waals surface area contributed by atoms with Crippen LogP contribution >= 0.6 is 15.9 Å². The average Bonchev–Trinajstić information content (AvgIpc) is 2.25. The van der Waals surface area contributed by atoms with Crippen molar-refractivity contribution in [2.75, 3.05) is 0 Å². The molecule has 1 aromatic rings. The lowest BCUT2D eigenvalue weighted by Crippen LogP contribution is -2.27. The molecular formula is C10H10BrF3O3S. The Bertz CT molecular complexity index is 496. The standard InChI is InChI=1S/C10H10BrF3O3S/c1-2-9(7-3-5-8(11)6-4-7)17-18(15,16)10(12,13)14/h3-6,9H,2H2,1H3.